The van der Waals surface area contributed by atoms with Crippen LogP contribution in [0.3, 0.4) is 0 Å². The maximum Gasteiger partial charge on any atom is 0.0923 e. The van der Waals surface area contributed by atoms with Gasteiger partial charge >= 0.3 is 0 Å². The number of benzene rings is 1. The molecule has 0 spiro atoms. The van der Waals surface area contributed by atoms with Gasteiger partial charge in [-0.3, -0.25) is 5.10 Å². The first kappa shape index (κ1) is 9.85. The van der Waals surface area contributed by atoms with Gasteiger partial charge in [0.25, 0.3) is 0 Å². The van der Waals surface area contributed by atoms with Crippen molar-refractivity contribution in [3.05, 3.63) is 30.0 Å². The van der Waals surface area contributed by atoms with Crippen molar-refractivity contribution in [1.82, 2.24) is 10.2 Å². The minimum atomic E-state index is -0.122. The second-order valence-electron chi connectivity index (χ2n) is 5.42. The van der Waals surface area contributed by atoms with Crippen LogP contribution in [0.1, 0.15) is 26.0 Å². The fourth-order valence-electron chi connectivity index (χ4n) is 2.81. The van der Waals surface area contributed by atoms with Gasteiger partial charge in [0.05, 0.1) is 17.8 Å². The zero-order valence-corrected chi connectivity index (χ0v) is 9.62. The highest BCUT2D eigenvalue weighted by atomic mass is 16.3. The predicted molar refractivity (Wildman–Crippen MR) is 63.3 cm³/mol. The van der Waals surface area contributed by atoms with Crippen molar-refractivity contribution in [3.8, 4) is 0 Å². The van der Waals surface area contributed by atoms with E-state index in [1.807, 2.05) is 18.2 Å². The molecule has 0 saturated heterocycles. The van der Waals surface area contributed by atoms with Gasteiger partial charge in [-0.15, -0.1) is 0 Å². The van der Waals surface area contributed by atoms with E-state index in [1.54, 1.807) is 0 Å². The number of aromatic nitrogens is 2. The molecule has 0 aliphatic heterocycles. The number of nitrogens with one attached hydrogen (secondary N) is 1. The average molecular weight is 216 g/mol. The van der Waals surface area contributed by atoms with Gasteiger partial charge in [-0.25, -0.2) is 0 Å². The van der Waals surface area contributed by atoms with Gasteiger partial charge in [-0.05, 0) is 17.9 Å². The highest BCUT2D eigenvalue weighted by Gasteiger charge is 2.63. The van der Waals surface area contributed by atoms with Crippen molar-refractivity contribution < 1.29 is 5.11 Å². The molecular formula is C13H16N2O. The van der Waals surface area contributed by atoms with Crippen LogP contribution in [-0.4, -0.2) is 21.9 Å². The van der Waals surface area contributed by atoms with Crippen LogP contribution in [0.5, 0.6) is 0 Å². The second-order valence-corrected chi connectivity index (χ2v) is 5.42. The zero-order chi connectivity index (χ0) is 11.4. The van der Waals surface area contributed by atoms with Gasteiger partial charge in [0.1, 0.15) is 0 Å². The Bertz CT molecular complexity index is 544. The largest absolute Gasteiger partial charge is 0.395 e. The van der Waals surface area contributed by atoms with Gasteiger partial charge in [0, 0.05) is 10.8 Å². The third kappa shape index (κ3) is 1.04. The van der Waals surface area contributed by atoms with Crippen molar-refractivity contribution >= 4 is 10.9 Å². The number of aromatic amines is 1. The smallest absolute Gasteiger partial charge is 0.0923 e. The Morgan fingerprint density at radius 2 is 2.06 bits per heavy atom. The third-order valence-corrected chi connectivity index (χ3v) is 4.12. The summed E-state index contributed by atoms with van der Waals surface area (Å²) in [4.78, 5) is 0. The van der Waals surface area contributed by atoms with Crippen LogP contribution < -0.4 is 0 Å². The van der Waals surface area contributed by atoms with E-state index in [1.165, 1.54) is 0 Å². The molecule has 1 heterocycles. The fourth-order valence-corrected chi connectivity index (χ4v) is 2.81. The van der Waals surface area contributed by atoms with E-state index < -0.39 is 0 Å². The number of H-pyrrole nitrogens is 1. The molecule has 1 atom stereocenters. The van der Waals surface area contributed by atoms with Crippen LogP contribution in [0.25, 0.3) is 10.9 Å². The molecule has 3 rings (SSSR count). The predicted octanol–water partition coefficient (Wildman–Crippen LogP) is 2.22. The van der Waals surface area contributed by atoms with E-state index in [9.17, 15) is 5.11 Å². The van der Waals surface area contributed by atoms with Gasteiger partial charge in [-0.2, -0.15) is 5.10 Å². The molecule has 0 radical (unpaired) electrons. The van der Waals surface area contributed by atoms with E-state index in [-0.39, 0.29) is 17.4 Å². The molecule has 1 aliphatic rings. The lowest BCUT2D eigenvalue weighted by Gasteiger charge is -2.16. The minimum absolute atomic E-state index is 0.122. The molecule has 0 amide bonds. The fraction of sp³-hybridized carbons (Fsp3) is 0.462. The maximum atomic E-state index is 9.68. The molecule has 2 N–H and O–H groups in total. The molecular weight excluding hydrogens is 200 g/mol. The summed E-state index contributed by atoms with van der Waals surface area (Å²) in [5.74, 6) is 0. The van der Waals surface area contributed by atoms with Crippen molar-refractivity contribution in [2.75, 3.05) is 6.61 Å². The topological polar surface area (TPSA) is 48.9 Å². The van der Waals surface area contributed by atoms with E-state index >= 15 is 0 Å². The number of fused-ring (bicyclic) bond motifs is 1. The van der Waals surface area contributed by atoms with Crippen LogP contribution in [0.15, 0.2) is 24.3 Å². The Morgan fingerprint density at radius 3 is 2.69 bits per heavy atom. The molecule has 1 aliphatic carbocycles. The molecule has 1 fully saturated rings. The van der Waals surface area contributed by atoms with Crippen LogP contribution in [0.4, 0.5) is 0 Å². The highest BCUT2D eigenvalue weighted by Crippen LogP contribution is 2.64. The molecule has 3 heteroatoms. The van der Waals surface area contributed by atoms with Gasteiger partial charge in [0.15, 0.2) is 0 Å². The summed E-state index contributed by atoms with van der Waals surface area (Å²) >= 11 is 0. The minimum Gasteiger partial charge on any atom is -0.395 e. The lowest BCUT2D eigenvalue weighted by Crippen LogP contribution is -2.20. The van der Waals surface area contributed by atoms with Gasteiger partial charge < -0.3 is 5.11 Å². The summed E-state index contributed by atoms with van der Waals surface area (Å²) in [6.45, 7) is 4.57. The monoisotopic (exact) mass is 216 g/mol. The Labute approximate surface area is 94.5 Å². The van der Waals surface area contributed by atoms with Crippen molar-refractivity contribution in [2.24, 2.45) is 5.41 Å². The Morgan fingerprint density at radius 1 is 1.38 bits per heavy atom. The van der Waals surface area contributed by atoms with Gasteiger partial charge in [-0.1, -0.05) is 32.0 Å². The first-order chi connectivity index (χ1) is 7.61. The highest BCUT2D eigenvalue weighted by molar-refractivity contribution is 5.83. The third-order valence-electron chi connectivity index (χ3n) is 4.12. The molecule has 0 bridgehead atoms. The van der Waals surface area contributed by atoms with E-state index in [0.29, 0.717) is 0 Å². The molecule has 1 saturated carbocycles. The molecule has 2 aromatic rings. The number of para-hydroxylation sites is 1. The molecule has 1 aromatic carbocycles. The second kappa shape index (κ2) is 2.86. The summed E-state index contributed by atoms with van der Waals surface area (Å²) in [6.07, 6.45) is 1.02. The zero-order valence-electron chi connectivity index (χ0n) is 9.62. The summed E-state index contributed by atoms with van der Waals surface area (Å²) < 4.78 is 0. The maximum absolute atomic E-state index is 9.68. The number of hydrogen-bond donors (Lipinski definition) is 2. The Balaban J connectivity index is 2.20. The Kier molecular flexibility index (Phi) is 1.76. The summed E-state index contributed by atoms with van der Waals surface area (Å²) in [5.41, 5.74) is 2.11. The lowest BCUT2D eigenvalue weighted by molar-refractivity contribution is 0.229. The van der Waals surface area contributed by atoms with Crippen LogP contribution in [0, 0.1) is 5.41 Å². The van der Waals surface area contributed by atoms with Crippen molar-refractivity contribution in [1.29, 1.82) is 0 Å². The van der Waals surface area contributed by atoms with Crippen molar-refractivity contribution in [2.45, 2.75) is 25.7 Å². The quantitative estimate of drug-likeness (QED) is 0.808. The molecule has 16 heavy (non-hydrogen) atoms. The normalized spacial score (nSPS) is 27.2. The van der Waals surface area contributed by atoms with E-state index in [0.717, 1.165) is 23.0 Å². The molecule has 1 aromatic heterocycles. The van der Waals surface area contributed by atoms with Crippen LogP contribution in [0.2, 0.25) is 0 Å². The number of hydrogen-bond acceptors (Lipinski definition) is 2. The number of aliphatic hydroxyl groups excluding tert-OH is 1. The SMILES string of the molecule is CC1(C)CC1(CO)c1[nH]nc2ccccc12. The van der Waals surface area contributed by atoms with E-state index in [4.69, 9.17) is 0 Å². The average Bonchev–Trinajstić information content (AvgIpc) is 2.67. The molecule has 84 valence electrons. The summed E-state index contributed by atoms with van der Waals surface area (Å²) in [6, 6.07) is 8.06. The lowest BCUT2D eigenvalue weighted by atomic mass is 9.91. The van der Waals surface area contributed by atoms with E-state index in [2.05, 4.69) is 30.1 Å². The van der Waals surface area contributed by atoms with Crippen LogP contribution in [-0.2, 0) is 5.41 Å². The number of rotatable bonds is 2. The first-order valence-corrected chi connectivity index (χ1v) is 5.65. The molecule has 3 nitrogen and oxygen atoms in total. The number of aliphatic hydroxyl groups is 1. The standard InChI is InChI=1S/C13H16N2O/c1-12(2)7-13(12,8-16)11-9-5-3-4-6-10(9)14-15-11/h3-6,16H,7-8H2,1-2H3,(H,14,15). The van der Waals surface area contributed by atoms with Gasteiger partial charge in [0.2, 0.25) is 0 Å². The summed E-state index contributed by atoms with van der Waals surface area (Å²) in [7, 11) is 0. The van der Waals surface area contributed by atoms with Crippen molar-refractivity contribution in [3.63, 3.8) is 0 Å². The van der Waals surface area contributed by atoms with Crippen LogP contribution >= 0.6 is 0 Å². The first-order valence-electron chi connectivity index (χ1n) is 5.65. The molecule has 1 unspecified atom stereocenters. The Hall–Kier alpha value is -1.35. The summed E-state index contributed by atoms with van der Waals surface area (Å²) in [5, 5.41) is 18.2. The number of nitrogens with zero attached hydrogens (tertiary/aromatic N) is 1.